The SMILES string of the molecule is O=S(=O)(Nc1ccccc1)c1cnn(CCCO)c1. The van der Waals surface area contributed by atoms with Crippen molar-refractivity contribution in [1.29, 1.82) is 0 Å². The number of aryl methyl sites for hydroxylation is 1. The van der Waals surface area contributed by atoms with Gasteiger partial charge in [-0.05, 0) is 18.6 Å². The van der Waals surface area contributed by atoms with Gasteiger partial charge in [0.2, 0.25) is 0 Å². The Balaban J connectivity index is 2.13. The predicted octanol–water partition coefficient (Wildman–Crippen LogP) is 1.07. The lowest BCUT2D eigenvalue weighted by atomic mass is 10.3. The molecule has 1 aromatic heterocycles. The maximum Gasteiger partial charge on any atom is 0.265 e. The molecule has 19 heavy (non-hydrogen) atoms. The lowest BCUT2D eigenvalue weighted by Gasteiger charge is -2.05. The zero-order valence-corrected chi connectivity index (χ0v) is 11.0. The number of para-hydroxylation sites is 1. The van der Waals surface area contributed by atoms with Gasteiger partial charge in [-0.3, -0.25) is 9.40 Å². The first-order valence-electron chi connectivity index (χ1n) is 5.83. The highest BCUT2D eigenvalue weighted by molar-refractivity contribution is 7.92. The number of hydrogen-bond acceptors (Lipinski definition) is 4. The highest BCUT2D eigenvalue weighted by Gasteiger charge is 2.16. The lowest BCUT2D eigenvalue weighted by Crippen LogP contribution is -2.12. The van der Waals surface area contributed by atoms with E-state index >= 15 is 0 Å². The second-order valence-corrected chi connectivity index (χ2v) is 5.67. The zero-order chi connectivity index (χ0) is 13.7. The highest BCUT2D eigenvalue weighted by atomic mass is 32.2. The van der Waals surface area contributed by atoms with Gasteiger partial charge in [0.25, 0.3) is 10.0 Å². The summed E-state index contributed by atoms with van der Waals surface area (Å²) in [6.45, 7) is 0.529. The molecule has 2 rings (SSSR count). The van der Waals surface area contributed by atoms with Crippen LogP contribution < -0.4 is 4.72 Å². The molecule has 1 aromatic carbocycles. The third-order valence-corrected chi connectivity index (χ3v) is 3.83. The summed E-state index contributed by atoms with van der Waals surface area (Å²) in [5, 5.41) is 12.7. The standard InChI is InChI=1S/C12H15N3O3S/c16-8-4-7-15-10-12(9-13-15)19(17,18)14-11-5-2-1-3-6-11/h1-3,5-6,9-10,14,16H,4,7-8H2. The molecule has 6 nitrogen and oxygen atoms in total. The molecule has 2 N–H and O–H groups in total. The number of nitrogens with zero attached hydrogens (tertiary/aromatic N) is 2. The van der Waals surface area contributed by atoms with Crippen LogP contribution in [0.2, 0.25) is 0 Å². The minimum atomic E-state index is -3.61. The predicted molar refractivity (Wildman–Crippen MR) is 71.2 cm³/mol. The molecule has 0 atom stereocenters. The van der Waals surface area contributed by atoms with E-state index in [-0.39, 0.29) is 11.5 Å². The van der Waals surface area contributed by atoms with Gasteiger partial charge in [0.15, 0.2) is 0 Å². The van der Waals surface area contributed by atoms with Gasteiger partial charge in [-0.25, -0.2) is 8.42 Å². The average molecular weight is 281 g/mol. The van der Waals surface area contributed by atoms with Gasteiger partial charge in [-0.2, -0.15) is 5.10 Å². The summed E-state index contributed by atoms with van der Waals surface area (Å²) in [4.78, 5) is 0.106. The van der Waals surface area contributed by atoms with Crippen molar-refractivity contribution in [3.63, 3.8) is 0 Å². The molecule has 0 saturated carbocycles. The van der Waals surface area contributed by atoms with Crippen LogP contribution in [-0.2, 0) is 16.6 Å². The first-order chi connectivity index (χ1) is 9.12. The Morgan fingerprint density at radius 2 is 2.00 bits per heavy atom. The van der Waals surface area contributed by atoms with Crippen LogP contribution >= 0.6 is 0 Å². The van der Waals surface area contributed by atoms with Gasteiger partial charge in [0, 0.05) is 25.0 Å². The molecule has 0 aliphatic heterocycles. The second-order valence-electron chi connectivity index (χ2n) is 3.99. The van der Waals surface area contributed by atoms with Gasteiger partial charge in [-0.1, -0.05) is 18.2 Å². The summed E-state index contributed by atoms with van der Waals surface area (Å²) in [7, 11) is -3.61. The number of benzene rings is 1. The van der Waals surface area contributed by atoms with Crippen molar-refractivity contribution in [1.82, 2.24) is 9.78 Å². The van der Waals surface area contributed by atoms with E-state index < -0.39 is 10.0 Å². The van der Waals surface area contributed by atoms with E-state index in [9.17, 15) is 8.42 Å². The van der Waals surface area contributed by atoms with Crippen molar-refractivity contribution < 1.29 is 13.5 Å². The van der Waals surface area contributed by atoms with E-state index in [1.165, 1.54) is 17.1 Å². The summed E-state index contributed by atoms with van der Waals surface area (Å²) >= 11 is 0. The van der Waals surface area contributed by atoms with Gasteiger partial charge in [0.05, 0.1) is 6.20 Å². The summed E-state index contributed by atoms with van der Waals surface area (Å²) < 4.78 is 28.1. The fraction of sp³-hybridized carbons (Fsp3) is 0.250. The largest absolute Gasteiger partial charge is 0.396 e. The Labute approximate surface area is 111 Å². The van der Waals surface area contributed by atoms with Gasteiger partial charge < -0.3 is 5.11 Å². The number of hydrogen-bond donors (Lipinski definition) is 2. The third kappa shape index (κ3) is 3.55. The first-order valence-corrected chi connectivity index (χ1v) is 7.31. The van der Waals surface area contributed by atoms with E-state index in [4.69, 9.17) is 5.11 Å². The fourth-order valence-electron chi connectivity index (χ4n) is 1.56. The first kappa shape index (κ1) is 13.6. The van der Waals surface area contributed by atoms with Crippen molar-refractivity contribution >= 4 is 15.7 Å². The van der Waals surface area contributed by atoms with Crippen molar-refractivity contribution in [3.8, 4) is 0 Å². The van der Waals surface area contributed by atoms with Gasteiger partial charge in [0.1, 0.15) is 4.90 Å². The maximum absolute atomic E-state index is 12.1. The molecule has 0 unspecified atom stereocenters. The number of sulfonamides is 1. The molecule has 1 heterocycles. The molecule has 0 saturated heterocycles. The second kappa shape index (κ2) is 5.85. The number of rotatable bonds is 6. The normalized spacial score (nSPS) is 11.4. The van der Waals surface area contributed by atoms with Gasteiger partial charge in [-0.15, -0.1) is 0 Å². The smallest absolute Gasteiger partial charge is 0.265 e. The molecule has 0 radical (unpaired) electrons. The Kier molecular flexibility index (Phi) is 4.18. The van der Waals surface area contributed by atoms with Crippen molar-refractivity contribution in [2.24, 2.45) is 0 Å². The van der Waals surface area contributed by atoms with Crippen LogP contribution in [0.1, 0.15) is 6.42 Å². The van der Waals surface area contributed by atoms with Crippen LogP contribution in [0.25, 0.3) is 0 Å². The summed E-state index contributed by atoms with van der Waals surface area (Å²) in [5.74, 6) is 0. The molecule has 0 bridgehead atoms. The number of aliphatic hydroxyl groups excluding tert-OH is 1. The van der Waals surface area contributed by atoms with E-state index in [0.717, 1.165) is 0 Å². The zero-order valence-electron chi connectivity index (χ0n) is 10.2. The monoisotopic (exact) mass is 281 g/mol. The molecule has 102 valence electrons. The topological polar surface area (TPSA) is 84.2 Å². The minimum absolute atomic E-state index is 0.0458. The summed E-state index contributed by atoms with van der Waals surface area (Å²) in [6, 6.07) is 8.66. The Bertz CT molecular complexity index is 623. The summed E-state index contributed by atoms with van der Waals surface area (Å²) in [6.07, 6.45) is 3.27. The highest BCUT2D eigenvalue weighted by Crippen LogP contribution is 2.14. The molecule has 0 spiro atoms. The van der Waals surface area contributed by atoms with E-state index in [0.29, 0.717) is 18.7 Å². The Morgan fingerprint density at radius 3 is 2.68 bits per heavy atom. The Hall–Kier alpha value is -1.86. The number of nitrogens with one attached hydrogen (secondary N) is 1. The van der Waals surface area contributed by atoms with Crippen LogP contribution in [0.15, 0.2) is 47.6 Å². The molecule has 0 aliphatic carbocycles. The van der Waals surface area contributed by atoms with Crippen molar-refractivity contribution in [2.45, 2.75) is 17.9 Å². The molecule has 0 aliphatic rings. The molecular weight excluding hydrogens is 266 g/mol. The van der Waals surface area contributed by atoms with Crippen LogP contribution in [-0.4, -0.2) is 29.9 Å². The summed E-state index contributed by atoms with van der Waals surface area (Å²) in [5.41, 5.74) is 0.505. The van der Waals surface area contributed by atoms with Crippen LogP contribution in [0, 0.1) is 0 Å². The number of aromatic nitrogens is 2. The minimum Gasteiger partial charge on any atom is -0.396 e. The molecule has 7 heteroatoms. The maximum atomic E-state index is 12.1. The van der Waals surface area contributed by atoms with E-state index in [1.54, 1.807) is 24.3 Å². The lowest BCUT2D eigenvalue weighted by molar-refractivity contribution is 0.277. The Morgan fingerprint density at radius 1 is 1.26 bits per heavy atom. The van der Waals surface area contributed by atoms with E-state index in [2.05, 4.69) is 9.82 Å². The van der Waals surface area contributed by atoms with Crippen LogP contribution in [0.5, 0.6) is 0 Å². The number of aliphatic hydroxyl groups is 1. The molecular formula is C12H15N3O3S. The quantitative estimate of drug-likeness (QED) is 0.829. The van der Waals surface area contributed by atoms with Gasteiger partial charge >= 0.3 is 0 Å². The molecule has 0 fully saturated rings. The van der Waals surface area contributed by atoms with Crippen LogP contribution in [0.4, 0.5) is 5.69 Å². The van der Waals surface area contributed by atoms with Crippen molar-refractivity contribution in [2.75, 3.05) is 11.3 Å². The molecule has 0 amide bonds. The third-order valence-electron chi connectivity index (χ3n) is 2.49. The van der Waals surface area contributed by atoms with E-state index in [1.807, 2.05) is 6.07 Å². The number of anilines is 1. The van der Waals surface area contributed by atoms with Crippen molar-refractivity contribution in [3.05, 3.63) is 42.7 Å². The molecule has 2 aromatic rings. The average Bonchev–Trinajstić information content (AvgIpc) is 2.86. The van der Waals surface area contributed by atoms with Crippen LogP contribution in [0.3, 0.4) is 0 Å². The fourth-order valence-corrected chi connectivity index (χ4v) is 2.57.